The zero-order valence-electron chi connectivity index (χ0n) is 20.3. The van der Waals surface area contributed by atoms with Crippen molar-refractivity contribution in [1.82, 2.24) is 19.8 Å². The SMILES string of the molecule is CCN(CC)c1cc(-c2ccccc2)nc(SCc2cccc(C(=O)N3CCN(C)CC3)c2)n1. The van der Waals surface area contributed by atoms with Gasteiger partial charge in [-0.1, -0.05) is 54.2 Å². The minimum Gasteiger partial charge on any atom is -0.357 e. The third-order valence-corrected chi connectivity index (χ3v) is 7.10. The third kappa shape index (κ3) is 5.96. The molecule has 0 radical (unpaired) electrons. The fourth-order valence-electron chi connectivity index (χ4n) is 4.08. The van der Waals surface area contributed by atoms with Gasteiger partial charge in [0.25, 0.3) is 5.91 Å². The van der Waals surface area contributed by atoms with Crippen LogP contribution in [0.25, 0.3) is 11.3 Å². The first-order valence-corrected chi connectivity index (χ1v) is 12.9. The zero-order chi connectivity index (χ0) is 23.9. The smallest absolute Gasteiger partial charge is 0.253 e. The van der Waals surface area contributed by atoms with Crippen LogP contribution in [-0.4, -0.2) is 72.0 Å². The van der Waals surface area contributed by atoms with Crippen LogP contribution < -0.4 is 4.90 Å². The van der Waals surface area contributed by atoms with Gasteiger partial charge in [-0.25, -0.2) is 9.97 Å². The first-order valence-electron chi connectivity index (χ1n) is 12.0. The van der Waals surface area contributed by atoms with Crippen molar-refractivity contribution in [2.24, 2.45) is 0 Å². The highest BCUT2D eigenvalue weighted by molar-refractivity contribution is 7.98. The molecule has 0 spiro atoms. The quantitative estimate of drug-likeness (QED) is 0.349. The van der Waals surface area contributed by atoms with Gasteiger partial charge in [0.1, 0.15) is 5.82 Å². The van der Waals surface area contributed by atoms with Crippen LogP contribution in [0.5, 0.6) is 0 Å². The first kappa shape index (κ1) is 24.2. The van der Waals surface area contributed by atoms with Gasteiger partial charge in [0.05, 0.1) is 5.69 Å². The fraction of sp³-hybridized carbons (Fsp3) is 0.370. The summed E-state index contributed by atoms with van der Waals surface area (Å²) in [5.41, 5.74) is 3.87. The molecule has 1 amide bonds. The monoisotopic (exact) mass is 475 g/mol. The number of thioether (sulfide) groups is 1. The molecule has 34 heavy (non-hydrogen) atoms. The molecule has 0 unspecified atom stereocenters. The largest absolute Gasteiger partial charge is 0.357 e. The zero-order valence-corrected chi connectivity index (χ0v) is 21.1. The molecule has 1 aliphatic rings. The number of rotatable bonds is 8. The molecule has 0 aliphatic carbocycles. The van der Waals surface area contributed by atoms with Crippen LogP contribution in [-0.2, 0) is 5.75 Å². The van der Waals surface area contributed by atoms with Crippen molar-refractivity contribution in [2.45, 2.75) is 24.8 Å². The highest BCUT2D eigenvalue weighted by Gasteiger charge is 2.20. The van der Waals surface area contributed by atoms with Crippen LogP contribution >= 0.6 is 11.8 Å². The molecule has 0 N–H and O–H groups in total. The minimum absolute atomic E-state index is 0.117. The molecular weight excluding hydrogens is 442 g/mol. The number of likely N-dealkylation sites (N-methyl/N-ethyl adjacent to an activating group) is 1. The predicted octanol–water partition coefficient (Wildman–Crippen LogP) is 4.67. The first-order chi connectivity index (χ1) is 16.6. The van der Waals surface area contributed by atoms with E-state index < -0.39 is 0 Å². The summed E-state index contributed by atoms with van der Waals surface area (Å²) in [6.07, 6.45) is 0. The molecule has 2 heterocycles. The lowest BCUT2D eigenvalue weighted by atomic mass is 10.1. The topological polar surface area (TPSA) is 52.6 Å². The summed E-state index contributed by atoms with van der Waals surface area (Å²) in [6, 6.07) is 20.3. The normalized spacial score (nSPS) is 14.3. The summed E-state index contributed by atoms with van der Waals surface area (Å²) < 4.78 is 0. The van der Waals surface area contributed by atoms with Crippen molar-refractivity contribution < 1.29 is 4.79 Å². The fourth-order valence-corrected chi connectivity index (χ4v) is 4.87. The highest BCUT2D eigenvalue weighted by Crippen LogP contribution is 2.27. The molecule has 178 valence electrons. The molecule has 2 aromatic carbocycles. The Hall–Kier alpha value is -2.90. The number of piperazine rings is 1. The lowest BCUT2D eigenvalue weighted by molar-refractivity contribution is 0.0664. The molecule has 1 saturated heterocycles. The van der Waals surface area contributed by atoms with Gasteiger partial charge in [0.2, 0.25) is 0 Å². The molecule has 0 atom stereocenters. The molecule has 4 rings (SSSR count). The number of carbonyl (C=O) groups excluding carboxylic acids is 1. The van der Waals surface area contributed by atoms with Gasteiger partial charge in [-0.3, -0.25) is 4.79 Å². The Morgan fingerprint density at radius 1 is 0.941 bits per heavy atom. The van der Waals surface area contributed by atoms with E-state index in [-0.39, 0.29) is 5.91 Å². The molecule has 0 bridgehead atoms. The Morgan fingerprint density at radius 2 is 1.68 bits per heavy atom. The van der Waals surface area contributed by atoms with Crippen molar-refractivity contribution in [1.29, 1.82) is 0 Å². The van der Waals surface area contributed by atoms with Crippen LogP contribution in [0.4, 0.5) is 5.82 Å². The Morgan fingerprint density at radius 3 is 2.38 bits per heavy atom. The molecule has 0 saturated carbocycles. The second-order valence-electron chi connectivity index (χ2n) is 8.52. The van der Waals surface area contributed by atoms with Gasteiger partial charge < -0.3 is 14.7 Å². The number of hydrogen-bond acceptors (Lipinski definition) is 6. The van der Waals surface area contributed by atoms with E-state index in [2.05, 4.69) is 55.0 Å². The second kappa shape index (κ2) is 11.5. The molecule has 7 heteroatoms. The summed E-state index contributed by atoms with van der Waals surface area (Å²) in [6.45, 7) is 9.47. The maximum absolute atomic E-state index is 13.0. The number of benzene rings is 2. The Balaban J connectivity index is 1.52. The maximum Gasteiger partial charge on any atom is 0.253 e. The summed E-state index contributed by atoms with van der Waals surface area (Å²) in [7, 11) is 2.10. The average Bonchev–Trinajstić information content (AvgIpc) is 2.89. The second-order valence-corrected chi connectivity index (χ2v) is 9.46. The van der Waals surface area contributed by atoms with Gasteiger partial charge in [-0.15, -0.1) is 0 Å². The Kier molecular flexibility index (Phi) is 8.19. The van der Waals surface area contributed by atoms with Crippen LogP contribution in [0.2, 0.25) is 0 Å². The standard InChI is InChI=1S/C27H33N5OS/c1-4-31(5-2)25-19-24(22-11-7-6-8-12-22)28-27(29-25)34-20-21-10-9-13-23(18-21)26(33)32-16-14-30(3)15-17-32/h6-13,18-19H,4-5,14-17,20H2,1-3H3. The average molecular weight is 476 g/mol. The van der Waals surface area contributed by atoms with E-state index in [1.807, 2.05) is 41.3 Å². The van der Waals surface area contributed by atoms with E-state index in [1.165, 1.54) is 0 Å². The van der Waals surface area contributed by atoms with Crippen LogP contribution in [0.15, 0.2) is 65.8 Å². The summed E-state index contributed by atoms with van der Waals surface area (Å²) >= 11 is 1.61. The van der Waals surface area contributed by atoms with Gasteiger partial charge in [-0.2, -0.15) is 0 Å². The number of carbonyl (C=O) groups is 1. The third-order valence-electron chi connectivity index (χ3n) is 6.18. The van der Waals surface area contributed by atoms with Crippen molar-refractivity contribution in [3.63, 3.8) is 0 Å². The summed E-state index contributed by atoms with van der Waals surface area (Å²) in [5, 5.41) is 0.749. The van der Waals surface area contributed by atoms with Crippen molar-refractivity contribution in [2.75, 3.05) is 51.2 Å². The van der Waals surface area contributed by atoms with Gasteiger partial charge in [0.15, 0.2) is 5.16 Å². The number of amides is 1. The van der Waals surface area contributed by atoms with Crippen molar-refractivity contribution in [3.05, 3.63) is 71.8 Å². The molecule has 1 aromatic heterocycles. The highest BCUT2D eigenvalue weighted by atomic mass is 32.2. The van der Waals surface area contributed by atoms with Gasteiger partial charge >= 0.3 is 0 Å². The molecule has 1 aliphatic heterocycles. The van der Waals surface area contributed by atoms with Crippen molar-refractivity contribution in [3.8, 4) is 11.3 Å². The van der Waals surface area contributed by atoms with Crippen LogP contribution in [0.1, 0.15) is 29.8 Å². The van der Waals surface area contributed by atoms with Gasteiger partial charge in [-0.05, 0) is 38.6 Å². The number of hydrogen-bond donors (Lipinski definition) is 0. The van der Waals surface area contributed by atoms with Crippen molar-refractivity contribution >= 4 is 23.5 Å². The van der Waals surface area contributed by atoms with E-state index >= 15 is 0 Å². The Labute approximate surface area is 207 Å². The van der Waals surface area contributed by atoms with E-state index in [0.29, 0.717) is 5.75 Å². The van der Waals surface area contributed by atoms with E-state index in [9.17, 15) is 4.79 Å². The summed E-state index contributed by atoms with van der Waals surface area (Å²) in [5.74, 6) is 1.77. The van der Waals surface area contributed by atoms with Crippen LogP contribution in [0.3, 0.4) is 0 Å². The lowest BCUT2D eigenvalue weighted by Gasteiger charge is -2.32. The number of nitrogens with zero attached hydrogens (tertiary/aromatic N) is 5. The summed E-state index contributed by atoms with van der Waals surface area (Å²) in [4.78, 5) is 29.1. The minimum atomic E-state index is 0.117. The molecule has 3 aromatic rings. The predicted molar refractivity (Wildman–Crippen MR) is 140 cm³/mol. The van der Waals surface area contributed by atoms with E-state index in [1.54, 1.807) is 11.8 Å². The van der Waals surface area contributed by atoms with E-state index in [0.717, 1.165) is 72.6 Å². The molecular formula is C27H33N5OS. The lowest BCUT2D eigenvalue weighted by Crippen LogP contribution is -2.47. The number of aromatic nitrogens is 2. The van der Waals surface area contributed by atoms with Crippen LogP contribution in [0, 0.1) is 0 Å². The number of anilines is 1. The maximum atomic E-state index is 13.0. The molecule has 1 fully saturated rings. The van der Waals surface area contributed by atoms with Gasteiger partial charge in [0, 0.05) is 62.2 Å². The Bertz CT molecular complexity index is 1100. The molecule has 6 nitrogen and oxygen atoms in total. The van der Waals surface area contributed by atoms with E-state index in [4.69, 9.17) is 9.97 Å².